The van der Waals surface area contributed by atoms with Crippen LogP contribution in [0.5, 0.6) is 0 Å². The van der Waals surface area contributed by atoms with E-state index < -0.39 is 0 Å². The van der Waals surface area contributed by atoms with Crippen molar-refractivity contribution in [1.29, 1.82) is 0 Å². The summed E-state index contributed by atoms with van der Waals surface area (Å²) in [5.74, 6) is 0.631. The van der Waals surface area contributed by atoms with Gasteiger partial charge in [0.1, 0.15) is 12.7 Å². The van der Waals surface area contributed by atoms with Gasteiger partial charge in [-0.2, -0.15) is 9.90 Å². The van der Waals surface area contributed by atoms with Gasteiger partial charge in [-0.25, -0.2) is 4.98 Å². The molecule has 2 heterocycles. The van der Waals surface area contributed by atoms with Gasteiger partial charge in [0.05, 0.1) is 23.1 Å². The first-order chi connectivity index (χ1) is 10.2. The van der Waals surface area contributed by atoms with Crippen LogP contribution < -0.4 is 0 Å². The lowest BCUT2D eigenvalue weighted by molar-refractivity contribution is 0.448. The maximum atomic E-state index is 5.98. The van der Waals surface area contributed by atoms with Crippen LogP contribution in [0.3, 0.4) is 0 Å². The number of halogens is 2. The Balaban J connectivity index is 1.63. The van der Waals surface area contributed by atoms with Gasteiger partial charge < -0.3 is 0 Å². The van der Waals surface area contributed by atoms with Crippen molar-refractivity contribution in [3.05, 3.63) is 52.3 Å². The third-order valence-electron chi connectivity index (χ3n) is 2.84. The molecule has 1 aromatic carbocycles. The number of aromatic nitrogens is 7. The van der Waals surface area contributed by atoms with E-state index in [2.05, 4.69) is 25.5 Å². The number of benzene rings is 1. The maximum absolute atomic E-state index is 5.98. The largest absolute Gasteiger partial charge is 0.251 e. The highest BCUT2D eigenvalue weighted by Gasteiger charge is 2.06. The second kappa shape index (κ2) is 6.19. The van der Waals surface area contributed by atoms with Gasteiger partial charge in [-0.3, -0.25) is 4.68 Å². The third kappa shape index (κ3) is 3.56. The standard InChI is InChI=1S/C12H11Cl2N7/c13-10-2-1-9(5-11(10)14)6-12-17-19-21(18-12)4-3-20-8-15-7-16-20/h1-2,5,7-8H,3-4,6H2. The molecule has 0 N–H and O–H groups in total. The zero-order valence-electron chi connectivity index (χ0n) is 10.9. The number of aryl methyl sites for hydroxylation is 2. The Morgan fingerprint density at radius 3 is 2.76 bits per heavy atom. The average Bonchev–Trinajstić information content (AvgIpc) is 3.12. The molecule has 3 rings (SSSR count). The predicted molar refractivity (Wildman–Crippen MR) is 77.1 cm³/mol. The Hall–Kier alpha value is -1.99. The molecule has 0 saturated carbocycles. The van der Waals surface area contributed by atoms with Gasteiger partial charge in [0, 0.05) is 6.42 Å². The molecule has 0 aliphatic carbocycles. The average molecular weight is 324 g/mol. The van der Waals surface area contributed by atoms with E-state index in [1.807, 2.05) is 6.07 Å². The number of hydrogen-bond donors (Lipinski definition) is 0. The van der Waals surface area contributed by atoms with Crippen molar-refractivity contribution in [3.8, 4) is 0 Å². The summed E-state index contributed by atoms with van der Waals surface area (Å²) in [6.07, 6.45) is 3.69. The smallest absolute Gasteiger partial charge is 0.179 e. The second-order valence-electron chi connectivity index (χ2n) is 4.39. The molecule has 0 atom stereocenters. The van der Waals surface area contributed by atoms with E-state index >= 15 is 0 Å². The highest BCUT2D eigenvalue weighted by molar-refractivity contribution is 6.42. The molecule has 0 fully saturated rings. The molecule has 0 spiro atoms. The number of hydrogen-bond acceptors (Lipinski definition) is 5. The summed E-state index contributed by atoms with van der Waals surface area (Å²) < 4.78 is 1.71. The Labute approximate surface area is 130 Å². The highest BCUT2D eigenvalue weighted by Crippen LogP contribution is 2.23. The van der Waals surface area contributed by atoms with Gasteiger partial charge in [-0.15, -0.1) is 10.2 Å². The molecular formula is C12H11Cl2N7. The summed E-state index contributed by atoms with van der Waals surface area (Å²) in [6.45, 7) is 1.22. The fourth-order valence-electron chi connectivity index (χ4n) is 1.81. The molecule has 0 aliphatic heterocycles. The van der Waals surface area contributed by atoms with Gasteiger partial charge in [0.25, 0.3) is 0 Å². The normalized spacial score (nSPS) is 11.0. The van der Waals surface area contributed by atoms with Gasteiger partial charge in [-0.05, 0) is 22.9 Å². The van der Waals surface area contributed by atoms with E-state index in [0.717, 1.165) is 5.56 Å². The van der Waals surface area contributed by atoms with E-state index in [1.165, 1.54) is 11.1 Å². The second-order valence-corrected chi connectivity index (χ2v) is 5.20. The molecular weight excluding hydrogens is 313 g/mol. The quantitative estimate of drug-likeness (QED) is 0.716. The molecule has 2 aromatic heterocycles. The fraction of sp³-hybridized carbons (Fsp3) is 0.250. The SMILES string of the molecule is Clc1ccc(Cc2nnn(CCn3cncn3)n2)cc1Cl. The lowest BCUT2D eigenvalue weighted by Crippen LogP contribution is -2.10. The van der Waals surface area contributed by atoms with Crippen molar-refractivity contribution in [3.63, 3.8) is 0 Å². The van der Waals surface area contributed by atoms with E-state index in [0.29, 0.717) is 35.4 Å². The van der Waals surface area contributed by atoms with Crippen molar-refractivity contribution in [2.75, 3.05) is 0 Å². The Morgan fingerprint density at radius 2 is 2.00 bits per heavy atom. The molecule has 0 unspecified atom stereocenters. The van der Waals surface area contributed by atoms with Crippen LogP contribution in [0.25, 0.3) is 0 Å². The molecule has 7 nitrogen and oxygen atoms in total. The Kier molecular flexibility index (Phi) is 4.12. The molecule has 21 heavy (non-hydrogen) atoms. The van der Waals surface area contributed by atoms with Crippen molar-refractivity contribution < 1.29 is 0 Å². The lowest BCUT2D eigenvalue weighted by atomic mass is 10.1. The Morgan fingerprint density at radius 1 is 1.10 bits per heavy atom. The fourth-order valence-corrected chi connectivity index (χ4v) is 2.13. The summed E-state index contributed by atoms with van der Waals surface area (Å²) in [5, 5.41) is 17.4. The summed E-state index contributed by atoms with van der Waals surface area (Å²) in [4.78, 5) is 5.41. The molecule has 9 heteroatoms. The minimum atomic E-state index is 0.521. The van der Waals surface area contributed by atoms with Gasteiger partial charge in [0.2, 0.25) is 0 Å². The molecule has 0 radical (unpaired) electrons. The third-order valence-corrected chi connectivity index (χ3v) is 3.58. The predicted octanol–water partition coefficient (Wildman–Crippen LogP) is 1.86. The summed E-state index contributed by atoms with van der Waals surface area (Å²) in [7, 11) is 0. The minimum Gasteiger partial charge on any atom is -0.251 e. The van der Waals surface area contributed by atoms with Crippen molar-refractivity contribution in [2.45, 2.75) is 19.5 Å². The first kappa shape index (κ1) is 14.0. The van der Waals surface area contributed by atoms with Crippen LogP contribution in [0, 0.1) is 0 Å². The Bertz CT molecular complexity index is 723. The van der Waals surface area contributed by atoms with Crippen LogP contribution in [0.1, 0.15) is 11.4 Å². The van der Waals surface area contributed by atoms with E-state index in [4.69, 9.17) is 23.2 Å². The summed E-state index contributed by atoms with van der Waals surface area (Å²) in [5.41, 5.74) is 0.986. The zero-order valence-corrected chi connectivity index (χ0v) is 12.4. The molecule has 0 saturated heterocycles. The first-order valence-corrected chi connectivity index (χ1v) is 6.99. The van der Waals surface area contributed by atoms with Gasteiger partial charge in [0.15, 0.2) is 5.82 Å². The van der Waals surface area contributed by atoms with E-state index in [1.54, 1.807) is 23.1 Å². The maximum Gasteiger partial charge on any atom is 0.179 e. The molecule has 0 bridgehead atoms. The summed E-state index contributed by atoms with van der Waals surface area (Å²) in [6, 6.07) is 5.46. The monoisotopic (exact) mass is 323 g/mol. The van der Waals surface area contributed by atoms with Gasteiger partial charge >= 0.3 is 0 Å². The van der Waals surface area contributed by atoms with Crippen LogP contribution in [-0.2, 0) is 19.5 Å². The van der Waals surface area contributed by atoms with Crippen molar-refractivity contribution >= 4 is 23.2 Å². The van der Waals surface area contributed by atoms with Crippen LogP contribution >= 0.6 is 23.2 Å². The molecule has 0 aliphatic rings. The van der Waals surface area contributed by atoms with E-state index in [9.17, 15) is 0 Å². The van der Waals surface area contributed by atoms with Crippen molar-refractivity contribution in [1.82, 2.24) is 35.0 Å². The molecule has 0 amide bonds. The number of tetrazole rings is 1. The first-order valence-electron chi connectivity index (χ1n) is 6.24. The number of nitrogens with zero attached hydrogens (tertiary/aromatic N) is 7. The number of rotatable bonds is 5. The van der Waals surface area contributed by atoms with Crippen LogP contribution in [-0.4, -0.2) is 35.0 Å². The van der Waals surface area contributed by atoms with Crippen LogP contribution in [0.4, 0.5) is 0 Å². The van der Waals surface area contributed by atoms with Crippen LogP contribution in [0.2, 0.25) is 10.0 Å². The highest BCUT2D eigenvalue weighted by atomic mass is 35.5. The molecule has 108 valence electrons. The van der Waals surface area contributed by atoms with Crippen LogP contribution in [0.15, 0.2) is 30.9 Å². The summed E-state index contributed by atoms with van der Waals surface area (Å²) >= 11 is 11.9. The van der Waals surface area contributed by atoms with E-state index in [-0.39, 0.29) is 0 Å². The lowest BCUT2D eigenvalue weighted by Gasteiger charge is -2.00. The molecule has 3 aromatic rings. The van der Waals surface area contributed by atoms with Crippen molar-refractivity contribution in [2.24, 2.45) is 0 Å². The topological polar surface area (TPSA) is 74.3 Å². The zero-order chi connectivity index (χ0) is 14.7. The van der Waals surface area contributed by atoms with Gasteiger partial charge in [-0.1, -0.05) is 29.3 Å². The minimum absolute atomic E-state index is 0.521.